The van der Waals surface area contributed by atoms with Crippen LogP contribution >= 0.6 is 0 Å². The smallest absolute Gasteiger partial charge is 0.372 e. The summed E-state index contributed by atoms with van der Waals surface area (Å²) in [5.41, 5.74) is -1.92. The van der Waals surface area contributed by atoms with Gasteiger partial charge in [0.1, 0.15) is 6.07 Å². The number of amides is 1. The number of esters is 2. The topological polar surface area (TPSA) is 115 Å². The summed E-state index contributed by atoms with van der Waals surface area (Å²) in [5.74, 6) is -3.26. The van der Waals surface area contributed by atoms with E-state index < -0.39 is 29.5 Å². The van der Waals surface area contributed by atoms with Crippen molar-refractivity contribution < 1.29 is 28.6 Å². The molecule has 1 N–H and O–H groups in total. The molecule has 1 rings (SSSR count). The van der Waals surface area contributed by atoms with E-state index in [0.29, 0.717) is 0 Å². The Labute approximate surface area is 121 Å². The van der Waals surface area contributed by atoms with Gasteiger partial charge in [0.05, 0.1) is 19.6 Å². The molecule has 21 heavy (non-hydrogen) atoms. The summed E-state index contributed by atoms with van der Waals surface area (Å²) >= 11 is 0. The van der Waals surface area contributed by atoms with Crippen LogP contribution in [0.1, 0.15) is 20.3 Å². The predicted octanol–water partition coefficient (Wildman–Crippen LogP) is -0.00112. The van der Waals surface area contributed by atoms with E-state index in [1.807, 2.05) is 0 Å². The van der Waals surface area contributed by atoms with Crippen LogP contribution in [0.4, 0.5) is 0 Å². The number of nitrogens with zero attached hydrogens (tertiary/aromatic N) is 1. The van der Waals surface area contributed by atoms with Crippen molar-refractivity contribution in [2.45, 2.75) is 26.0 Å². The second-order valence-corrected chi connectivity index (χ2v) is 4.31. The van der Waals surface area contributed by atoms with Crippen LogP contribution < -0.4 is 5.32 Å². The molecule has 0 saturated heterocycles. The average molecular weight is 296 g/mol. The number of carbonyl (C=O) groups excluding carboxylic acids is 3. The van der Waals surface area contributed by atoms with E-state index in [2.05, 4.69) is 10.1 Å². The van der Waals surface area contributed by atoms with Gasteiger partial charge in [0, 0.05) is 13.3 Å². The quantitative estimate of drug-likeness (QED) is 0.726. The van der Waals surface area contributed by atoms with Gasteiger partial charge in [-0.05, 0) is 13.0 Å². The van der Waals surface area contributed by atoms with Crippen molar-refractivity contribution in [3.63, 3.8) is 0 Å². The molecule has 1 aliphatic heterocycles. The minimum Gasteiger partial charge on any atom is -0.466 e. The highest BCUT2D eigenvalue weighted by Crippen LogP contribution is 2.31. The number of nitrogens with one attached hydrogen (secondary N) is 1. The number of nitriles is 1. The van der Waals surface area contributed by atoms with Gasteiger partial charge in [0.15, 0.2) is 5.76 Å². The molecule has 0 aromatic heterocycles. The molecule has 2 atom stereocenters. The lowest BCUT2D eigenvalue weighted by Gasteiger charge is -2.36. The Morgan fingerprint density at radius 1 is 1.57 bits per heavy atom. The normalized spacial score (nSPS) is 23.9. The van der Waals surface area contributed by atoms with Gasteiger partial charge < -0.3 is 19.5 Å². The lowest BCUT2D eigenvalue weighted by atomic mass is 9.93. The van der Waals surface area contributed by atoms with Crippen LogP contribution in [0.15, 0.2) is 11.8 Å². The van der Waals surface area contributed by atoms with Crippen LogP contribution in [0.5, 0.6) is 0 Å². The van der Waals surface area contributed by atoms with Gasteiger partial charge >= 0.3 is 11.9 Å². The third-order valence-corrected chi connectivity index (χ3v) is 2.74. The predicted molar refractivity (Wildman–Crippen MR) is 68.1 cm³/mol. The van der Waals surface area contributed by atoms with Gasteiger partial charge in [0.2, 0.25) is 5.91 Å². The minimum atomic E-state index is -1.92. The van der Waals surface area contributed by atoms with E-state index in [-0.39, 0.29) is 18.8 Å². The van der Waals surface area contributed by atoms with Crippen LogP contribution in [0.3, 0.4) is 0 Å². The number of hydrogen-bond donors (Lipinski definition) is 1. The molecule has 0 aliphatic carbocycles. The first-order valence-electron chi connectivity index (χ1n) is 6.23. The highest BCUT2D eigenvalue weighted by Gasteiger charge is 2.49. The molecule has 1 heterocycles. The first-order chi connectivity index (χ1) is 9.88. The molecule has 1 amide bonds. The molecule has 0 radical (unpaired) electrons. The summed E-state index contributed by atoms with van der Waals surface area (Å²) in [6.45, 7) is 2.96. The molecule has 0 aromatic rings. The zero-order valence-corrected chi connectivity index (χ0v) is 12.0. The number of carbonyl (C=O) groups is 3. The summed E-state index contributed by atoms with van der Waals surface area (Å²) in [6, 6.07) is 1.71. The molecule has 0 fully saturated rings. The number of hydrogen-bond acceptors (Lipinski definition) is 7. The molecule has 8 heteroatoms. The van der Waals surface area contributed by atoms with E-state index >= 15 is 0 Å². The van der Waals surface area contributed by atoms with Gasteiger partial charge in [-0.2, -0.15) is 5.26 Å². The van der Waals surface area contributed by atoms with Crippen LogP contribution in [-0.2, 0) is 28.6 Å². The molecule has 0 aromatic carbocycles. The highest BCUT2D eigenvalue weighted by atomic mass is 16.6. The Morgan fingerprint density at radius 2 is 2.24 bits per heavy atom. The van der Waals surface area contributed by atoms with Crippen LogP contribution in [-0.4, -0.2) is 37.3 Å². The molecule has 0 spiro atoms. The standard InChI is InChI=1S/C13H16N2O6/c1-4-20-11(17)9-5-10(7-14)21-13(6-9,12(18)19-3)15-8(2)16/h5,9H,4,6H2,1-3H3,(H,15,16)/t9-,13-/m0/s1. The van der Waals surface area contributed by atoms with Crippen molar-refractivity contribution >= 4 is 17.8 Å². The summed E-state index contributed by atoms with van der Waals surface area (Å²) in [4.78, 5) is 35.1. The Morgan fingerprint density at radius 3 is 2.71 bits per heavy atom. The number of rotatable bonds is 4. The second kappa shape index (κ2) is 6.74. The lowest BCUT2D eigenvalue weighted by molar-refractivity contribution is -0.177. The van der Waals surface area contributed by atoms with E-state index in [0.717, 1.165) is 7.11 Å². The van der Waals surface area contributed by atoms with Crippen molar-refractivity contribution in [3.05, 3.63) is 11.8 Å². The fourth-order valence-corrected chi connectivity index (χ4v) is 1.98. The van der Waals surface area contributed by atoms with Crippen LogP contribution in [0.25, 0.3) is 0 Å². The molecule has 0 bridgehead atoms. The number of allylic oxidation sites excluding steroid dienone is 1. The highest BCUT2D eigenvalue weighted by molar-refractivity contribution is 5.87. The molecule has 0 unspecified atom stereocenters. The van der Waals surface area contributed by atoms with E-state index in [1.165, 1.54) is 13.0 Å². The summed E-state index contributed by atoms with van der Waals surface area (Å²) in [6.07, 6.45) is 1.03. The lowest BCUT2D eigenvalue weighted by Crippen LogP contribution is -2.59. The largest absolute Gasteiger partial charge is 0.466 e. The van der Waals surface area contributed by atoms with Crippen molar-refractivity contribution in [2.75, 3.05) is 13.7 Å². The fourth-order valence-electron chi connectivity index (χ4n) is 1.98. The van der Waals surface area contributed by atoms with Gasteiger partial charge in [-0.1, -0.05) is 0 Å². The monoisotopic (exact) mass is 296 g/mol. The second-order valence-electron chi connectivity index (χ2n) is 4.31. The molecule has 8 nitrogen and oxygen atoms in total. The molecular formula is C13H16N2O6. The minimum absolute atomic E-state index is 0.150. The average Bonchev–Trinajstić information content (AvgIpc) is 2.45. The summed E-state index contributed by atoms with van der Waals surface area (Å²) in [5, 5.41) is 11.3. The zero-order valence-electron chi connectivity index (χ0n) is 12.0. The maximum absolute atomic E-state index is 12.0. The maximum Gasteiger partial charge on any atom is 0.372 e. The van der Waals surface area contributed by atoms with Crippen LogP contribution in [0, 0.1) is 17.2 Å². The Hall–Kier alpha value is -2.56. The van der Waals surface area contributed by atoms with E-state index in [1.54, 1.807) is 13.0 Å². The Balaban J connectivity index is 3.19. The molecular weight excluding hydrogens is 280 g/mol. The molecule has 0 saturated carbocycles. The number of ether oxygens (including phenoxy) is 3. The molecule has 114 valence electrons. The maximum atomic E-state index is 12.0. The van der Waals surface area contributed by atoms with E-state index in [4.69, 9.17) is 14.7 Å². The first-order valence-corrected chi connectivity index (χ1v) is 6.23. The Kier molecular flexibility index (Phi) is 5.30. The molecule has 1 aliphatic rings. The van der Waals surface area contributed by atoms with Gasteiger partial charge in [-0.3, -0.25) is 9.59 Å². The van der Waals surface area contributed by atoms with Crippen LogP contribution in [0.2, 0.25) is 0 Å². The van der Waals surface area contributed by atoms with E-state index in [9.17, 15) is 14.4 Å². The SMILES string of the molecule is CCOC(=O)[C@H]1C=C(C#N)O[C@](NC(C)=O)(C(=O)OC)C1. The van der Waals surface area contributed by atoms with Gasteiger partial charge in [-0.25, -0.2) is 4.79 Å². The summed E-state index contributed by atoms with van der Waals surface area (Å²) < 4.78 is 14.7. The van der Waals surface area contributed by atoms with Crippen molar-refractivity contribution in [1.82, 2.24) is 5.32 Å². The number of methoxy groups -OCH3 is 1. The Bertz CT molecular complexity index is 521. The summed E-state index contributed by atoms with van der Waals surface area (Å²) in [7, 11) is 1.11. The van der Waals surface area contributed by atoms with Gasteiger partial charge in [-0.15, -0.1) is 0 Å². The third kappa shape index (κ3) is 3.72. The zero-order chi connectivity index (χ0) is 16.0. The first kappa shape index (κ1) is 16.5. The third-order valence-electron chi connectivity index (χ3n) is 2.74. The van der Waals surface area contributed by atoms with Gasteiger partial charge in [0.25, 0.3) is 5.72 Å². The van der Waals surface area contributed by atoms with Crippen molar-refractivity contribution in [3.8, 4) is 6.07 Å². The van der Waals surface area contributed by atoms with Crippen molar-refractivity contribution in [1.29, 1.82) is 5.26 Å². The van der Waals surface area contributed by atoms with Crippen molar-refractivity contribution in [2.24, 2.45) is 5.92 Å². The fraction of sp³-hybridized carbons (Fsp3) is 0.538.